The van der Waals surface area contributed by atoms with Gasteiger partial charge in [0.15, 0.2) is 0 Å². The molecule has 33 heavy (non-hydrogen) atoms. The average molecular weight is 457 g/mol. The van der Waals surface area contributed by atoms with Crippen LogP contribution in [-0.2, 0) is 20.6 Å². The third kappa shape index (κ3) is 5.57. The maximum Gasteiger partial charge on any atom is 0.494 e. The summed E-state index contributed by atoms with van der Waals surface area (Å²) in [6.45, 7) is 18.5. The first-order chi connectivity index (χ1) is 15.2. The van der Waals surface area contributed by atoms with Crippen LogP contribution in [0.3, 0.4) is 0 Å². The van der Waals surface area contributed by atoms with E-state index in [1.165, 1.54) is 0 Å². The Morgan fingerprint density at radius 3 is 2.24 bits per heavy atom. The fraction of sp³-hybridized carbons (Fsp3) is 0.696. The van der Waals surface area contributed by atoms with Crippen molar-refractivity contribution in [1.82, 2.24) is 4.90 Å². The minimum absolute atomic E-state index is 0.251. The molecule has 2 saturated heterocycles. The summed E-state index contributed by atoms with van der Waals surface area (Å²) in [5.74, 6) is 0. The molecule has 2 aliphatic rings. The fourth-order valence-electron chi connectivity index (χ4n) is 3.95. The third-order valence-electron chi connectivity index (χ3n) is 6.61. The van der Waals surface area contributed by atoms with Crippen LogP contribution in [0.1, 0.15) is 59.6 Å². The fourth-order valence-corrected chi connectivity index (χ4v) is 3.95. The zero-order valence-corrected chi connectivity index (χ0v) is 21.1. The summed E-state index contributed by atoms with van der Waals surface area (Å²) >= 11 is 0. The van der Waals surface area contributed by atoms with E-state index < -0.39 is 23.9 Å². The van der Waals surface area contributed by atoms with E-state index in [1.54, 1.807) is 4.90 Å². The van der Waals surface area contributed by atoms with E-state index >= 15 is 0 Å². The average Bonchev–Trinajstić information content (AvgIpc) is 2.93. The molecular formula is C23H36BN5O4. The van der Waals surface area contributed by atoms with Crippen molar-refractivity contribution in [2.45, 2.75) is 78.7 Å². The lowest BCUT2D eigenvalue weighted by atomic mass is 9.77. The zero-order valence-electron chi connectivity index (χ0n) is 21.1. The van der Waals surface area contributed by atoms with Gasteiger partial charge in [-0.3, -0.25) is 0 Å². The molecule has 2 heterocycles. The monoisotopic (exact) mass is 457 g/mol. The van der Waals surface area contributed by atoms with Crippen LogP contribution in [-0.4, -0.2) is 61.1 Å². The van der Waals surface area contributed by atoms with Gasteiger partial charge in [0.1, 0.15) is 5.60 Å². The molecule has 1 amide bonds. The number of anilines is 1. The first-order valence-electron chi connectivity index (χ1n) is 11.5. The number of hydrogen-bond acceptors (Lipinski definition) is 6. The molecule has 180 valence electrons. The molecule has 1 aromatic carbocycles. The van der Waals surface area contributed by atoms with Crippen LogP contribution in [0.5, 0.6) is 0 Å². The number of benzene rings is 1. The predicted octanol–water partition coefficient (Wildman–Crippen LogP) is 4.16. The smallest absolute Gasteiger partial charge is 0.444 e. The molecule has 0 aromatic heterocycles. The number of nitrogens with zero attached hydrogens (tertiary/aromatic N) is 5. The Labute approximate surface area is 197 Å². The van der Waals surface area contributed by atoms with Gasteiger partial charge in [-0.05, 0) is 83.6 Å². The number of carbonyl (C=O) groups is 1. The lowest BCUT2D eigenvalue weighted by molar-refractivity contribution is 0.00578. The Balaban J connectivity index is 1.85. The number of azide groups is 1. The van der Waals surface area contributed by atoms with Gasteiger partial charge in [-0.15, -0.1) is 0 Å². The van der Waals surface area contributed by atoms with E-state index in [9.17, 15) is 4.79 Å². The van der Waals surface area contributed by atoms with Crippen molar-refractivity contribution >= 4 is 24.4 Å². The van der Waals surface area contributed by atoms with Gasteiger partial charge in [-0.25, -0.2) is 4.79 Å². The summed E-state index contributed by atoms with van der Waals surface area (Å²) in [6, 6.07) is 4.10. The van der Waals surface area contributed by atoms with Crippen LogP contribution in [0.15, 0.2) is 17.2 Å². The Morgan fingerprint density at radius 2 is 1.73 bits per heavy atom. The summed E-state index contributed by atoms with van der Waals surface area (Å²) in [4.78, 5) is 19.4. The number of amides is 1. The van der Waals surface area contributed by atoms with Gasteiger partial charge in [0.2, 0.25) is 0 Å². The molecule has 0 unspecified atom stereocenters. The van der Waals surface area contributed by atoms with Gasteiger partial charge in [-0.1, -0.05) is 11.2 Å². The lowest BCUT2D eigenvalue weighted by Crippen LogP contribution is -2.50. The van der Waals surface area contributed by atoms with Gasteiger partial charge in [0, 0.05) is 36.8 Å². The predicted molar refractivity (Wildman–Crippen MR) is 130 cm³/mol. The molecule has 0 N–H and O–H groups in total. The molecule has 3 rings (SSSR count). The van der Waals surface area contributed by atoms with Gasteiger partial charge < -0.3 is 23.8 Å². The van der Waals surface area contributed by atoms with Crippen molar-refractivity contribution in [3.8, 4) is 0 Å². The Hall–Kier alpha value is -2.42. The van der Waals surface area contributed by atoms with E-state index in [4.69, 9.17) is 19.6 Å². The van der Waals surface area contributed by atoms with E-state index in [1.807, 2.05) is 61.5 Å². The van der Waals surface area contributed by atoms with Crippen LogP contribution in [0.4, 0.5) is 10.5 Å². The highest BCUT2D eigenvalue weighted by atomic mass is 16.7. The first-order valence-corrected chi connectivity index (χ1v) is 11.5. The van der Waals surface area contributed by atoms with Crippen molar-refractivity contribution in [2.75, 3.05) is 31.1 Å². The number of ether oxygens (including phenoxy) is 1. The van der Waals surface area contributed by atoms with Gasteiger partial charge in [-0.2, -0.15) is 0 Å². The van der Waals surface area contributed by atoms with Crippen LogP contribution in [0, 0.1) is 6.92 Å². The van der Waals surface area contributed by atoms with Crippen molar-refractivity contribution in [2.24, 2.45) is 5.11 Å². The third-order valence-corrected chi connectivity index (χ3v) is 6.61. The lowest BCUT2D eigenvalue weighted by Gasteiger charge is -2.38. The van der Waals surface area contributed by atoms with E-state index in [-0.39, 0.29) is 12.6 Å². The van der Waals surface area contributed by atoms with Crippen molar-refractivity contribution in [1.29, 1.82) is 0 Å². The molecule has 9 nitrogen and oxygen atoms in total. The Bertz CT molecular complexity index is 929. The summed E-state index contributed by atoms with van der Waals surface area (Å²) in [6.07, 6.45) is -0.283. The van der Waals surface area contributed by atoms with Gasteiger partial charge in [0.25, 0.3) is 0 Å². The number of piperazine rings is 1. The quantitative estimate of drug-likeness (QED) is 0.293. The van der Waals surface area contributed by atoms with Gasteiger partial charge in [0.05, 0.1) is 17.7 Å². The topological polar surface area (TPSA) is 100 Å². The first kappa shape index (κ1) is 25.2. The van der Waals surface area contributed by atoms with Crippen LogP contribution in [0.25, 0.3) is 10.4 Å². The summed E-state index contributed by atoms with van der Waals surface area (Å²) in [5.41, 5.74) is 11.4. The van der Waals surface area contributed by atoms with E-state index in [0.29, 0.717) is 26.2 Å². The zero-order chi connectivity index (χ0) is 24.6. The number of rotatable bonds is 4. The van der Waals surface area contributed by atoms with E-state index in [0.717, 1.165) is 22.3 Å². The maximum absolute atomic E-state index is 12.5. The van der Waals surface area contributed by atoms with E-state index in [2.05, 4.69) is 21.0 Å². The highest BCUT2D eigenvalue weighted by Crippen LogP contribution is 2.37. The minimum atomic E-state index is -0.516. The number of hydrogen-bond donors (Lipinski definition) is 0. The molecule has 2 fully saturated rings. The Morgan fingerprint density at radius 1 is 1.15 bits per heavy atom. The molecule has 2 aliphatic heterocycles. The summed E-state index contributed by atoms with van der Waals surface area (Å²) < 4.78 is 18.1. The number of carbonyl (C=O) groups excluding carboxylic acids is 1. The largest absolute Gasteiger partial charge is 0.494 e. The second kappa shape index (κ2) is 9.08. The van der Waals surface area contributed by atoms with Crippen LogP contribution in [0.2, 0.25) is 0 Å². The molecule has 0 atom stereocenters. The standard InChI is InChI=1S/C23H36BN5O4/c1-16-17(15-26-27-25)13-18(24-32-22(5,6)23(7,8)33-24)14-19(16)28-9-11-29(12-10-28)20(30)31-21(2,3)4/h13-14H,9-12,15H2,1-8H3. The van der Waals surface area contributed by atoms with Crippen molar-refractivity contribution < 1.29 is 18.8 Å². The molecule has 0 bridgehead atoms. The molecule has 10 heteroatoms. The van der Waals surface area contributed by atoms with Gasteiger partial charge >= 0.3 is 13.2 Å². The highest BCUT2D eigenvalue weighted by molar-refractivity contribution is 6.62. The summed E-state index contributed by atoms with van der Waals surface area (Å²) in [5, 5.41) is 3.79. The molecule has 1 aromatic rings. The molecule has 0 radical (unpaired) electrons. The normalized spacial score (nSPS) is 19.9. The Kier molecular flexibility index (Phi) is 6.94. The second-order valence-corrected chi connectivity index (χ2v) is 10.8. The molecular weight excluding hydrogens is 421 g/mol. The van der Waals surface area contributed by atoms with Crippen LogP contribution < -0.4 is 10.4 Å². The SMILES string of the molecule is Cc1c(CN=[N+]=[N-])cc(B2OC(C)(C)C(C)(C)O2)cc1N1CCN(C(=O)OC(C)(C)C)CC1. The molecule has 0 saturated carbocycles. The highest BCUT2D eigenvalue weighted by Gasteiger charge is 2.52. The van der Waals surface area contributed by atoms with Crippen LogP contribution >= 0.6 is 0 Å². The molecule has 0 aliphatic carbocycles. The minimum Gasteiger partial charge on any atom is -0.444 e. The summed E-state index contributed by atoms with van der Waals surface area (Å²) in [7, 11) is -0.512. The maximum atomic E-state index is 12.5. The van der Waals surface area contributed by atoms with Crippen molar-refractivity contribution in [3.63, 3.8) is 0 Å². The molecule has 0 spiro atoms. The van der Waals surface area contributed by atoms with Crippen molar-refractivity contribution in [3.05, 3.63) is 33.7 Å². The second-order valence-electron chi connectivity index (χ2n) is 10.8.